The van der Waals surface area contributed by atoms with Gasteiger partial charge in [0.05, 0.1) is 0 Å². The number of likely N-dealkylation sites (tertiary alicyclic amines) is 1. The van der Waals surface area contributed by atoms with Gasteiger partial charge in [-0.15, -0.1) is 10.2 Å². The van der Waals surface area contributed by atoms with Crippen LogP contribution in [-0.4, -0.2) is 33.6 Å². The van der Waals surface area contributed by atoms with Crippen molar-refractivity contribution >= 4 is 5.91 Å². The molecule has 2 aromatic carbocycles. The summed E-state index contributed by atoms with van der Waals surface area (Å²) in [4.78, 5) is 15.3. The summed E-state index contributed by atoms with van der Waals surface area (Å²) in [5.74, 6) is 1.81. The zero-order valence-corrected chi connectivity index (χ0v) is 17.4. The SMILES string of the molecule is Cc1ccc(-c2nnc(-c3ccc(C(=O)N4CCC[C@@H]5CCCC[C@@H]54)cc3)o2)cc1. The van der Waals surface area contributed by atoms with Gasteiger partial charge < -0.3 is 9.32 Å². The van der Waals surface area contributed by atoms with Crippen LogP contribution in [0.25, 0.3) is 22.9 Å². The van der Waals surface area contributed by atoms with E-state index in [1.165, 1.54) is 31.2 Å². The number of aromatic nitrogens is 2. The van der Waals surface area contributed by atoms with Gasteiger partial charge in [0, 0.05) is 29.3 Å². The molecule has 5 rings (SSSR count). The van der Waals surface area contributed by atoms with E-state index in [0.29, 0.717) is 23.7 Å². The second-order valence-electron chi connectivity index (χ2n) is 8.61. The fourth-order valence-corrected chi connectivity index (χ4v) is 4.95. The molecule has 0 bridgehead atoms. The van der Waals surface area contributed by atoms with Gasteiger partial charge in [-0.25, -0.2) is 0 Å². The Bertz CT molecular complexity index is 1020. The molecular formula is C25H27N3O2. The van der Waals surface area contributed by atoms with Gasteiger partial charge in [0.1, 0.15) is 0 Å². The first-order valence-electron chi connectivity index (χ1n) is 11.0. The highest BCUT2D eigenvalue weighted by atomic mass is 16.4. The average molecular weight is 402 g/mol. The summed E-state index contributed by atoms with van der Waals surface area (Å²) in [5, 5.41) is 8.37. The van der Waals surface area contributed by atoms with Crippen molar-refractivity contribution in [1.29, 1.82) is 0 Å². The fourth-order valence-electron chi connectivity index (χ4n) is 4.95. The third-order valence-electron chi connectivity index (χ3n) is 6.61. The lowest BCUT2D eigenvalue weighted by Crippen LogP contribution is -2.49. The first-order chi connectivity index (χ1) is 14.7. The summed E-state index contributed by atoms with van der Waals surface area (Å²) in [6.45, 7) is 2.93. The number of benzene rings is 2. The number of hydrogen-bond donors (Lipinski definition) is 0. The first-order valence-corrected chi connectivity index (χ1v) is 11.0. The number of amides is 1. The molecule has 1 saturated carbocycles. The van der Waals surface area contributed by atoms with Gasteiger partial charge in [0.2, 0.25) is 11.8 Å². The molecule has 2 heterocycles. The van der Waals surface area contributed by atoms with Gasteiger partial charge in [-0.3, -0.25) is 4.79 Å². The van der Waals surface area contributed by atoms with Gasteiger partial charge in [-0.05, 0) is 74.9 Å². The van der Waals surface area contributed by atoms with Gasteiger partial charge in [-0.1, -0.05) is 30.5 Å². The molecule has 0 N–H and O–H groups in total. The molecule has 0 unspecified atom stereocenters. The molecule has 0 radical (unpaired) electrons. The first kappa shape index (κ1) is 19.0. The summed E-state index contributed by atoms with van der Waals surface area (Å²) in [5.41, 5.74) is 3.65. The Morgan fingerprint density at radius 1 is 0.867 bits per heavy atom. The third kappa shape index (κ3) is 3.64. The van der Waals surface area contributed by atoms with Gasteiger partial charge >= 0.3 is 0 Å². The molecule has 154 valence electrons. The standard InChI is InChI=1S/C25H27N3O2/c1-17-8-10-19(11-9-17)23-26-27-24(30-23)20-12-14-21(15-13-20)25(29)28-16-4-6-18-5-2-3-7-22(18)28/h8-15,18,22H,2-7,16H2,1H3/t18-,22-/m0/s1. The van der Waals surface area contributed by atoms with Crippen LogP contribution in [0.3, 0.4) is 0 Å². The number of hydrogen-bond acceptors (Lipinski definition) is 4. The van der Waals surface area contributed by atoms with E-state index in [9.17, 15) is 4.79 Å². The molecule has 1 aliphatic carbocycles. The maximum Gasteiger partial charge on any atom is 0.254 e. The van der Waals surface area contributed by atoms with Crippen LogP contribution < -0.4 is 0 Å². The van der Waals surface area contributed by atoms with E-state index in [1.807, 2.05) is 55.5 Å². The molecule has 3 aromatic rings. The van der Waals surface area contributed by atoms with Gasteiger partial charge in [0.15, 0.2) is 0 Å². The van der Waals surface area contributed by atoms with Crippen LogP contribution in [0.1, 0.15) is 54.4 Å². The minimum atomic E-state index is 0.157. The molecule has 5 nitrogen and oxygen atoms in total. The Morgan fingerprint density at radius 2 is 1.47 bits per heavy atom. The normalized spacial score (nSPS) is 21.3. The van der Waals surface area contributed by atoms with Gasteiger partial charge in [0.25, 0.3) is 5.91 Å². The average Bonchev–Trinajstić information content (AvgIpc) is 3.29. The van der Waals surface area contributed by atoms with E-state index in [1.54, 1.807) is 0 Å². The van der Waals surface area contributed by atoms with Crippen molar-refractivity contribution in [2.24, 2.45) is 5.92 Å². The Hall–Kier alpha value is -2.95. The van der Waals surface area contributed by atoms with Crippen LogP contribution >= 0.6 is 0 Å². The van der Waals surface area contributed by atoms with Crippen LogP contribution in [-0.2, 0) is 0 Å². The van der Waals surface area contributed by atoms with Crippen molar-refractivity contribution in [3.8, 4) is 22.9 Å². The molecule has 2 aliphatic rings. The minimum absolute atomic E-state index is 0.157. The van der Waals surface area contributed by atoms with Crippen LogP contribution in [0.15, 0.2) is 52.9 Å². The van der Waals surface area contributed by atoms with Crippen molar-refractivity contribution in [3.05, 3.63) is 59.7 Å². The lowest BCUT2D eigenvalue weighted by atomic mass is 9.78. The number of rotatable bonds is 3. The van der Waals surface area contributed by atoms with Crippen LogP contribution in [0, 0.1) is 12.8 Å². The number of nitrogens with zero attached hydrogens (tertiary/aromatic N) is 3. The molecule has 2 atom stereocenters. The maximum atomic E-state index is 13.2. The summed E-state index contributed by atoms with van der Waals surface area (Å²) in [6.07, 6.45) is 7.37. The van der Waals surface area contributed by atoms with E-state index in [0.717, 1.165) is 36.1 Å². The predicted molar refractivity (Wildman–Crippen MR) is 116 cm³/mol. The molecule has 2 fully saturated rings. The van der Waals surface area contributed by atoms with E-state index >= 15 is 0 Å². The molecular weight excluding hydrogens is 374 g/mol. The zero-order chi connectivity index (χ0) is 20.5. The maximum absolute atomic E-state index is 13.2. The van der Waals surface area contributed by atoms with Gasteiger partial charge in [-0.2, -0.15) is 0 Å². The monoisotopic (exact) mass is 401 g/mol. The molecule has 1 aromatic heterocycles. The topological polar surface area (TPSA) is 59.2 Å². The summed E-state index contributed by atoms with van der Waals surface area (Å²) in [6, 6.07) is 16.0. The van der Waals surface area contributed by atoms with Crippen molar-refractivity contribution in [2.75, 3.05) is 6.54 Å². The highest BCUT2D eigenvalue weighted by Crippen LogP contribution is 2.36. The Balaban J connectivity index is 1.33. The van der Waals surface area contributed by atoms with Crippen LogP contribution in [0.5, 0.6) is 0 Å². The second kappa shape index (κ2) is 8.05. The van der Waals surface area contributed by atoms with E-state index in [-0.39, 0.29) is 5.91 Å². The number of piperidine rings is 1. The quantitative estimate of drug-likeness (QED) is 0.581. The summed E-state index contributed by atoms with van der Waals surface area (Å²) < 4.78 is 5.87. The molecule has 5 heteroatoms. The lowest BCUT2D eigenvalue weighted by Gasteiger charge is -2.44. The molecule has 30 heavy (non-hydrogen) atoms. The third-order valence-corrected chi connectivity index (χ3v) is 6.61. The highest BCUT2D eigenvalue weighted by molar-refractivity contribution is 5.95. The van der Waals surface area contributed by atoms with E-state index in [4.69, 9.17) is 4.42 Å². The smallest absolute Gasteiger partial charge is 0.254 e. The van der Waals surface area contributed by atoms with E-state index in [2.05, 4.69) is 15.1 Å². The zero-order valence-electron chi connectivity index (χ0n) is 17.4. The lowest BCUT2D eigenvalue weighted by molar-refractivity contribution is 0.0390. The molecule has 1 aliphatic heterocycles. The Kier molecular flexibility index (Phi) is 5.11. The molecule has 0 spiro atoms. The number of carbonyl (C=O) groups excluding carboxylic acids is 1. The number of aryl methyl sites for hydroxylation is 1. The molecule has 1 saturated heterocycles. The molecule has 1 amide bonds. The largest absolute Gasteiger partial charge is 0.416 e. The van der Waals surface area contributed by atoms with Crippen molar-refractivity contribution in [1.82, 2.24) is 15.1 Å². The highest BCUT2D eigenvalue weighted by Gasteiger charge is 2.35. The second-order valence-corrected chi connectivity index (χ2v) is 8.61. The predicted octanol–water partition coefficient (Wildman–Crippen LogP) is 5.51. The summed E-state index contributed by atoms with van der Waals surface area (Å²) >= 11 is 0. The van der Waals surface area contributed by atoms with Crippen molar-refractivity contribution in [2.45, 2.75) is 51.5 Å². The van der Waals surface area contributed by atoms with Crippen LogP contribution in [0.2, 0.25) is 0 Å². The Labute approximate surface area is 177 Å². The number of fused-ring (bicyclic) bond motifs is 1. The van der Waals surface area contributed by atoms with Crippen molar-refractivity contribution < 1.29 is 9.21 Å². The van der Waals surface area contributed by atoms with Crippen molar-refractivity contribution in [3.63, 3.8) is 0 Å². The fraction of sp³-hybridized carbons (Fsp3) is 0.400. The summed E-state index contributed by atoms with van der Waals surface area (Å²) in [7, 11) is 0. The Morgan fingerprint density at radius 3 is 2.17 bits per heavy atom. The minimum Gasteiger partial charge on any atom is -0.416 e. The number of carbonyl (C=O) groups is 1. The van der Waals surface area contributed by atoms with Crippen LogP contribution in [0.4, 0.5) is 0 Å². The van der Waals surface area contributed by atoms with E-state index < -0.39 is 0 Å².